The van der Waals surface area contributed by atoms with Crippen molar-refractivity contribution in [1.82, 2.24) is 0 Å². The molecular formula is C56H98O6. The molecule has 6 nitrogen and oxygen atoms in total. The highest BCUT2D eigenvalue weighted by Crippen LogP contribution is 2.15. The number of carbonyl (C=O) groups excluding carboxylic acids is 3. The molecule has 0 aromatic carbocycles. The van der Waals surface area contributed by atoms with E-state index in [4.69, 9.17) is 14.2 Å². The second-order valence-corrected chi connectivity index (χ2v) is 17.4. The third-order valence-electron chi connectivity index (χ3n) is 11.3. The quantitative estimate of drug-likeness (QED) is 0.0262. The van der Waals surface area contributed by atoms with Crippen molar-refractivity contribution in [2.75, 3.05) is 13.2 Å². The van der Waals surface area contributed by atoms with Gasteiger partial charge in [-0.1, -0.05) is 216 Å². The number of esters is 3. The van der Waals surface area contributed by atoms with Gasteiger partial charge in [-0.15, -0.1) is 0 Å². The van der Waals surface area contributed by atoms with Gasteiger partial charge < -0.3 is 14.2 Å². The summed E-state index contributed by atoms with van der Waals surface area (Å²) in [5.74, 6) is -0.929. The monoisotopic (exact) mass is 867 g/mol. The molecule has 0 aromatic heterocycles. The molecule has 0 saturated heterocycles. The molecule has 0 aliphatic heterocycles. The summed E-state index contributed by atoms with van der Waals surface area (Å²) < 4.78 is 16.8. The molecule has 0 unspecified atom stereocenters. The lowest BCUT2D eigenvalue weighted by Crippen LogP contribution is -2.30. The molecule has 0 aliphatic rings. The molecule has 0 bridgehead atoms. The average Bonchev–Trinajstić information content (AvgIpc) is 3.27. The van der Waals surface area contributed by atoms with Crippen molar-refractivity contribution < 1.29 is 28.6 Å². The predicted octanol–water partition coefficient (Wildman–Crippen LogP) is 17.3. The molecule has 0 N–H and O–H groups in total. The van der Waals surface area contributed by atoms with Gasteiger partial charge in [-0.25, -0.2) is 0 Å². The van der Waals surface area contributed by atoms with Gasteiger partial charge >= 0.3 is 17.9 Å². The average molecular weight is 867 g/mol. The van der Waals surface area contributed by atoms with Crippen LogP contribution in [0.5, 0.6) is 0 Å². The fraction of sp³-hybridized carbons (Fsp3) is 0.768. The van der Waals surface area contributed by atoms with Crippen LogP contribution in [0.3, 0.4) is 0 Å². The van der Waals surface area contributed by atoms with Gasteiger partial charge in [0.25, 0.3) is 0 Å². The van der Waals surface area contributed by atoms with Gasteiger partial charge in [-0.2, -0.15) is 0 Å². The van der Waals surface area contributed by atoms with Crippen molar-refractivity contribution in [2.45, 2.75) is 264 Å². The van der Waals surface area contributed by atoms with E-state index in [1.165, 1.54) is 135 Å². The Labute approximate surface area is 383 Å². The van der Waals surface area contributed by atoms with Crippen LogP contribution in [0.15, 0.2) is 60.8 Å². The fourth-order valence-corrected chi connectivity index (χ4v) is 7.31. The highest BCUT2D eigenvalue weighted by molar-refractivity contribution is 5.71. The minimum atomic E-state index is -0.789. The van der Waals surface area contributed by atoms with Crippen LogP contribution in [0.2, 0.25) is 0 Å². The first-order valence-corrected chi connectivity index (χ1v) is 26.3. The molecule has 62 heavy (non-hydrogen) atoms. The summed E-state index contributed by atoms with van der Waals surface area (Å²) >= 11 is 0. The Morgan fingerprint density at radius 3 is 1.03 bits per heavy atom. The van der Waals surface area contributed by atoms with E-state index in [-0.39, 0.29) is 31.1 Å². The van der Waals surface area contributed by atoms with Crippen LogP contribution in [-0.2, 0) is 28.6 Å². The van der Waals surface area contributed by atoms with Gasteiger partial charge in [0.2, 0.25) is 0 Å². The lowest BCUT2D eigenvalue weighted by molar-refractivity contribution is -0.167. The van der Waals surface area contributed by atoms with Crippen LogP contribution in [0.25, 0.3) is 0 Å². The largest absolute Gasteiger partial charge is 0.462 e. The number of carbonyl (C=O) groups is 3. The number of hydrogen-bond acceptors (Lipinski definition) is 6. The Balaban J connectivity index is 4.41. The molecule has 0 aliphatic carbocycles. The number of allylic oxidation sites excluding steroid dienone is 10. The molecule has 358 valence electrons. The van der Waals surface area contributed by atoms with E-state index >= 15 is 0 Å². The lowest BCUT2D eigenvalue weighted by atomic mass is 10.0. The molecule has 0 spiro atoms. The molecule has 0 heterocycles. The first kappa shape index (κ1) is 59.1. The van der Waals surface area contributed by atoms with E-state index in [2.05, 4.69) is 81.5 Å². The molecule has 0 saturated carbocycles. The smallest absolute Gasteiger partial charge is 0.306 e. The number of unbranched alkanes of at least 4 members (excludes halogenated alkanes) is 26. The highest BCUT2D eigenvalue weighted by atomic mass is 16.6. The summed E-state index contributed by atoms with van der Waals surface area (Å²) in [7, 11) is 0. The van der Waals surface area contributed by atoms with Gasteiger partial charge in [0, 0.05) is 19.3 Å². The Morgan fingerprint density at radius 1 is 0.339 bits per heavy atom. The topological polar surface area (TPSA) is 78.9 Å². The van der Waals surface area contributed by atoms with Crippen molar-refractivity contribution in [2.24, 2.45) is 0 Å². The van der Waals surface area contributed by atoms with E-state index in [0.717, 1.165) is 83.5 Å². The summed E-state index contributed by atoms with van der Waals surface area (Å²) in [6.45, 7) is 6.49. The number of hydrogen-bond donors (Lipinski definition) is 0. The standard InChI is InChI=1S/C56H98O6/c1-4-7-10-13-16-19-22-25-27-28-30-32-35-37-40-43-46-49-55(58)61-52-53(62-56(59)50-47-44-41-38-33-24-21-18-15-12-9-6-3)51-60-54(57)48-45-42-39-36-34-31-29-26-23-20-17-14-11-8-5-2/h8,11,17,20,25-27,29,34,36,53H,4-7,9-10,12-16,18-19,21-24,28,30-33,35,37-52H2,1-3H3/b11-8-,20-17-,27-25-,29-26-,36-34-/t53-/m1/s1. The van der Waals surface area contributed by atoms with E-state index in [9.17, 15) is 14.4 Å². The normalized spacial score (nSPS) is 12.5. The summed E-state index contributed by atoms with van der Waals surface area (Å²) in [6.07, 6.45) is 62.0. The summed E-state index contributed by atoms with van der Waals surface area (Å²) in [5, 5.41) is 0. The van der Waals surface area contributed by atoms with Crippen LogP contribution >= 0.6 is 0 Å². The Bertz CT molecular complexity index is 1130. The third kappa shape index (κ3) is 48.1. The Hall–Kier alpha value is -2.89. The minimum absolute atomic E-state index is 0.0878. The maximum atomic E-state index is 12.8. The second kappa shape index (κ2) is 50.8. The lowest BCUT2D eigenvalue weighted by Gasteiger charge is -2.18. The molecule has 6 heteroatoms. The summed E-state index contributed by atoms with van der Waals surface area (Å²) in [5.41, 5.74) is 0. The van der Waals surface area contributed by atoms with Crippen molar-refractivity contribution in [3.63, 3.8) is 0 Å². The Morgan fingerprint density at radius 2 is 0.629 bits per heavy atom. The summed E-state index contributed by atoms with van der Waals surface area (Å²) in [6, 6.07) is 0. The predicted molar refractivity (Wildman–Crippen MR) is 265 cm³/mol. The number of ether oxygens (including phenoxy) is 3. The van der Waals surface area contributed by atoms with Gasteiger partial charge in [-0.05, 0) is 83.5 Å². The molecule has 0 radical (unpaired) electrons. The van der Waals surface area contributed by atoms with Crippen molar-refractivity contribution in [3.05, 3.63) is 60.8 Å². The zero-order chi connectivity index (χ0) is 45.1. The first-order valence-electron chi connectivity index (χ1n) is 26.3. The Kier molecular flexibility index (Phi) is 48.4. The van der Waals surface area contributed by atoms with E-state index < -0.39 is 6.10 Å². The molecule has 1 atom stereocenters. The molecule has 0 rings (SSSR count). The van der Waals surface area contributed by atoms with Crippen LogP contribution in [-0.4, -0.2) is 37.2 Å². The molecule has 0 amide bonds. The van der Waals surface area contributed by atoms with Crippen molar-refractivity contribution in [1.29, 1.82) is 0 Å². The van der Waals surface area contributed by atoms with Gasteiger partial charge in [0.05, 0.1) is 0 Å². The fourth-order valence-electron chi connectivity index (χ4n) is 7.31. The third-order valence-corrected chi connectivity index (χ3v) is 11.3. The molecular weight excluding hydrogens is 769 g/mol. The molecule has 0 fully saturated rings. The van der Waals surface area contributed by atoms with E-state index in [0.29, 0.717) is 19.3 Å². The van der Waals surface area contributed by atoms with Crippen LogP contribution in [0, 0.1) is 0 Å². The minimum Gasteiger partial charge on any atom is -0.462 e. The SMILES string of the molecule is CC/C=C\C/C=C\C/C=C\C/C=C\CCCCC(=O)OC[C@H](COC(=O)CCCCCCCCC/C=C\CCCCCCCC)OC(=O)CCCCCCCCCCCCCC. The second-order valence-electron chi connectivity index (χ2n) is 17.4. The van der Waals surface area contributed by atoms with E-state index in [1.54, 1.807) is 0 Å². The van der Waals surface area contributed by atoms with Crippen LogP contribution in [0.4, 0.5) is 0 Å². The molecule has 0 aromatic rings. The highest BCUT2D eigenvalue weighted by Gasteiger charge is 2.19. The maximum absolute atomic E-state index is 12.8. The van der Waals surface area contributed by atoms with Gasteiger partial charge in [0.1, 0.15) is 13.2 Å². The van der Waals surface area contributed by atoms with Gasteiger partial charge in [-0.3, -0.25) is 14.4 Å². The van der Waals surface area contributed by atoms with Gasteiger partial charge in [0.15, 0.2) is 6.10 Å². The van der Waals surface area contributed by atoms with Crippen LogP contribution < -0.4 is 0 Å². The summed E-state index contributed by atoms with van der Waals surface area (Å²) in [4.78, 5) is 38.0. The number of rotatable bonds is 47. The van der Waals surface area contributed by atoms with Crippen molar-refractivity contribution in [3.8, 4) is 0 Å². The van der Waals surface area contributed by atoms with Crippen molar-refractivity contribution >= 4 is 17.9 Å². The maximum Gasteiger partial charge on any atom is 0.306 e. The zero-order valence-electron chi connectivity index (χ0n) is 40.9. The zero-order valence-corrected chi connectivity index (χ0v) is 40.9. The van der Waals surface area contributed by atoms with E-state index in [1.807, 2.05) is 0 Å². The van der Waals surface area contributed by atoms with Crippen LogP contribution in [0.1, 0.15) is 258 Å². The first-order chi connectivity index (χ1) is 30.5.